The number of oxazole rings is 1. The fraction of sp³-hybridized carbons (Fsp3) is 0.389. The summed E-state index contributed by atoms with van der Waals surface area (Å²) in [6.45, 7) is 1.07. The van der Waals surface area contributed by atoms with E-state index in [1.807, 2.05) is 18.2 Å². The summed E-state index contributed by atoms with van der Waals surface area (Å²) >= 11 is 6.15. The van der Waals surface area contributed by atoms with E-state index in [1.54, 1.807) is 17.2 Å². The van der Waals surface area contributed by atoms with Crippen molar-refractivity contribution in [3.8, 4) is 11.3 Å². The van der Waals surface area contributed by atoms with Crippen molar-refractivity contribution in [3.63, 3.8) is 0 Å². The molecule has 25 heavy (non-hydrogen) atoms. The number of primary amides is 1. The van der Waals surface area contributed by atoms with Gasteiger partial charge in [-0.05, 0) is 25.0 Å². The van der Waals surface area contributed by atoms with Crippen molar-refractivity contribution >= 4 is 23.4 Å². The molecule has 7 heteroatoms. The highest BCUT2D eigenvalue weighted by atomic mass is 35.5. The fourth-order valence-electron chi connectivity index (χ4n) is 3.02. The molecule has 1 saturated heterocycles. The van der Waals surface area contributed by atoms with Crippen LogP contribution in [0.1, 0.15) is 25.2 Å². The van der Waals surface area contributed by atoms with Gasteiger partial charge in [0, 0.05) is 31.5 Å². The lowest BCUT2D eigenvalue weighted by atomic mass is 9.97. The lowest BCUT2D eigenvalue weighted by Gasteiger charge is -2.31. The quantitative estimate of drug-likeness (QED) is 0.886. The maximum Gasteiger partial charge on any atom is 0.223 e. The van der Waals surface area contributed by atoms with Gasteiger partial charge >= 0.3 is 0 Å². The Labute approximate surface area is 151 Å². The van der Waals surface area contributed by atoms with Gasteiger partial charge in [0.25, 0.3) is 0 Å². The van der Waals surface area contributed by atoms with E-state index in [4.69, 9.17) is 21.8 Å². The number of amides is 2. The maximum absolute atomic E-state index is 12.4. The monoisotopic (exact) mass is 361 g/mol. The summed E-state index contributed by atoms with van der Waals surface area (Å²) < 4.78 is 5.71. The molecule has 1 atom stereocenters. The smallest absolute Gasteiger partial charge is 0.223 e. The highest BCUT2D eigenvalue weighted by molar-refractivity contribution is 6.33. The second kappa shape index (κ2) is 7.70. The number of piperidine rings is 1. The first-order chi connectivity index (χ1) is 12.0. The van der Waals surface area contributed by atoms with Gasteiger partial charge in [0.2, 0.25) is 11.8 Å². The fourth-order valence-corrected chi connectivity index (χ4v) is 3.25. The van der Waals surface area contributed by atoms with Gasteiger partial charge in [-0.2, -0.15) is 0 Å². The van der Waals surface area contributed by atoms with Crippen LogP contribution >= 0.6 is 11.6 Å². The zero-order chi connectivity index (χ0) is 17.8. The summed E-state index contributed by atoms with van der Waals surface area (Å²) in [5.74, 6) is 0.482. The van der Waals surface area contributed by atoms with Crippen LogP contribution in [-0.4, -0.2) is 34.8 Å². The van der Waals surface area contributed by atoms with Gasteiger partial charge in [0.05, 0.1) is 17.1 Å². The molecule has 1 unspecified atom stereocenters. The van der Waals surface area contributed by atoms with Crippen LogP contribution in [0, 0.1) is 5.92 Å². The third kappa shape index (κ3) is 4.20. The van der Waals surface area contributed by atoms with E-state index in [-0.39, 0.29) is 24.2 Å². The number of carbonyl (C=O) groups is 2. The first-order valence-electron chi connectivity index (χ1n) is 8.31. The van der Waals surface area contributed by atoms with Crippen molar-refractivity contribution in [1.82, 2.24) is 9.88 Å². The van der Waals surface area contributed by atoms with Crippen molar-refractivity contribution in [1.29, 1.82) is 0 Å². The number of hydrogen-bond acceptors (Lipinski definition) is 4. The Balaban J connectivity index is 1.58. The lowest BCUT2D eigenvalue weighted by Crippen LogP contribution is -2.44. The number of aryl methyl sites for hydroxylation is 1. The number of aromatic nitrogens is 1. The topological polar surface area (TPSA) is 89.4 Å². The van der Waals surface area contributed by atoms with Crippen molar-refractivity contribution in [2.75, 3.05) is 13.1 Å². The zero-order valence-electron chi connectivity index (χ0n) is 13.8. The summed E-state index contributed by atoms with van der Waals surface area (Å²) in [5, 5.41) is 0.590. The van der Waals surface area contributed by atoms with Crippen molar-refractivity contribution in [2.45, 2.75) is 25.7 Å². The molecule has 132 valence electrons. The van der Waals surface area contributed by atoms with Crippen LogP contribution in [0.5, 0.6) is 0 Å². The van der Waals surface area contributed by atoms with E-state index in [1.165, 1.54) is 0 Å². The number of likely N-dealkylation sites (tertiary alicyclic amines) is 1. The van der Waals surface area contributed by atoms with Crippen LogP contribution in [-0.2, 0) is 16.0 Å². The minimum absolute atomic E-state index is 0.0107. The third-order valence-corrected chi connectivity index (χ3v) is 4.75. The molecule has 2 N–H and O–H groups in total. The molecule has 2 amide bonds. The van der Waals surface area contributed by atoms with Crippen molar-refractivity contribution in [2.24, 2.45) is 11.7 Å². The molecule has 0 bridgehead atoms. The van der Waals surface area contributed by atoms with Gasteiger partial charge in [0.15, 0.2) is 11.7 Å². The molecule has 1 aromatic carbocycles. The molecule has 0 radical (unpaired) electrons. The number of nitrogens with two attached hydrogens (primary N) is 1. The maximum atomic E-state index is 12.4. The minimum Gasteiger partial charge on any atom is -0.441 e. The highest BCUT2D eigenvalue weighted by Crippen LogP contribution is 2.28. The first kappa shape index (κ1) is 17.5. The van der Waals surface area contributed by atoms with Crippen molar-refractivity contribution in [3.05, 3.63) is 41.4 Å². The molecule has 6 nitrogen and oxygen atoms in total. The zero-order valence-corrected chi connectivity index (χ0v) is 14.5. The molecular formula is C18H20ClN3O3. The minimum atomic E-state index is -0.338. The summed E-state index contributed by atoms with van der Waals surface area (Å²) in [6, 6.07) is 7.36. The Hall–Kier alpha value is -2.34. The second-order valence-electron chi connectivity index (χ2n) is 6.18. The van der Waals surface area contributed by atoms with E-state index < -0.39 is 0 Å². The van der Waals surface area contributed by atoms with Crippen molar-refractivity contribution < 1.29 is 14.0 Å². The Morgan fingerprint density at radius 2 is 2.16 bits per heavy atom. The number of rotatable bonds is 5. The predicted octanol–water partition coefficient (Wildman–Crippen LogP) is 2.65. The predicted molar refractivity (Wildman–Crippen MR) is 93.8 cm³/mol. The summed E-state index contributed by atoms with van der Waals surface area (Å²) in [4.78, 5) is 29.6. The molecule has 0 spiro atoms. The summed E-state index contributed by atoms with van der Waals surface area (Å²) in [6.07, 6.45) is 3.86. The molecule has 2 aromatic rings. The van der Waals surface area contributed by atoms with E-state index in [9.17, 15) is 9.59 Å². The van der Waals surface area contributed by atoms with Gasteiger partial charge in [-0.1, -0.05) is 23.7 Å². The van der Waals surface area contributed by atoms with Crippen LogP contribution in [0.4, 0.5) is 0 Å². The van der Waals surface area contributed by atoms with E-state index in [0.717, 1.165) is 18.4 Å². The largest absolute Gasteiger partial charge is 0.441 e. The molecular weight excluding hydrogens is 342 g/mol. The van der Waals surface area contributed by atoms with Gasteiger partial charge in [0.1, 0.15) is 0 Å². The normalized spacial score (nSPS) is 17.5. The third-order valence-electron chi connectivity index (χ3n) is 4.42. The van der Waals surface area contributed by atoms with Crippen LogP contribution in [0.15, 0.2) is 34.9 Å². The molecule has 1 aliphatic heterocycles. The number of halogens is 1. The number of carbonyl (C=O) groups excluding carboxylic acids is 2. The van der Waals surface area contributed by atoms with Gasteiger partial charge in [-0.15, -0.1) is 0 Å². The van der Waals surface area contributed by atoms with Gasteiger partial charge in [-0.25, -0.2) is 4.98 Å². The first-order valence-corrected chi connectivity index (χ1v) is 8.69. The highest BCUT2D eigenvalue weighted by Gasteiger charge is 2.26. The lowest BCUT2D eigenvalue weighted by molar-refractivity contribution is -0.135. The van der Waals surface area contributed by atoms with Crippen LogP contribution in [0.3, 0.4) is 0 Å². The average molecular weight is 362 g/mol. The average Bonchev–Trinajstić information content (AvgIpc) is 3.09. The van der Waals surface area contributed by atoms with Crippen LogP contribution in [0.2, 0.25) is 5.02 Å². The van der Waals surface area contributed by atoms with E-state index in [2.05, 4.69) is 4.98 Å². The Morgan fingerprint density at radius 1 is 1.36 bits per heavy atom. The van der Waals surface area contributed by atoms with Gasteiger partial charge < -0.3 is 15.1 Å². The Bertz CT molecular complexity index is 774. The molecule has 0 aliphatic carbocycles. The standard InChI is InChI=1S/C18H20ClN3O3/c19-14-6-2-1-5-13(14)15-10-21-16(25-15)7-8-17(23)22-9-3-4-12(11-22)18(20)24/h1-2,5-6,10,12H,3-4,7-9,11H2,(H2,20,24). The molecule has 1 fully saturated rings. The molecule has 0 saturated carbocycles. The molecule has 2 heterocycles. The SMILES string of the molecule is NC(=O)C1CCCN(C(=O)CCc2ncc(-c3ccccc3Cl)o2)C1. The Morgan fingerprint density at radius 3 is 2.92 bits per heavy atom. The molecule has 1 aliphatic rings. The van der Waals surface area contributed by atoms with E-state index >= 15 is 0 Å². The van der Waals surface area contributed by atoms with Gasteiger partial charge in [-0.3, -0.25) is 9.59 Å². The van der Waals surface area contributed by atoms with Crippen LogP contribution in [0.25, 0.3) is 11.3 Å². The molecule has 1 aromatic heterocycles. The second-order valence-corrected chi connectivity index (χ2v) is 6.59. The van der Waals surface area contributed by atoms with E-state index in [0.29, 0.717) is 36.2 Å². The number of nitrogens with zero attached hydrogens (tertiary/aromatic N) is 2. The number of benzene rings is 1. The molecule has 3 rings (SSSR count). The van der Waals surface area contributed by atoms with Crippen LogP contribution < -0.4 is 5.73 Å². The Kier molecular flexibility index (Phi) is 5.38. The summed E-state index contributed by atoms with van der Waals surface area (Å²) in [5.41, 5.74) is 6.12. The summed E-state index contributed by atoms with van der Waals surface area (Å²) in [7, 11) is 0. The number of hydrogen-bond donors (Lipinski definition) is 1.